The summed E-state index contributed by atoms with van der Waals surface area (Å²) in [7, 11) is 1.77. The zero-order valence-electron chi connectivity index (χ0n) is 10.8. The van der Waals surface area contributed by atoms with Gasteiger partial charge in [-0.3, -0.25) is 4.79 Å². The van der Waals surface area contributed by atoms with Crippen LogP contribution in [0.1, 0.15) is 23.8 Å². The Kier molecular flexibility index (Phi) is 4.50. The summed E-state index contributed by atoms with van der Waals surface area (Å²) in [5.41, 5.74) is 1.67. The second-order valence-corrected chi connectivity index (χ2v) is 5.10. The van der Waals surface area contributed by atoms with Gasteiger partial charge in [-0.15, -0.1) is 0 Å². The molecule has 0 fully saturated rings. The van der Waals surface area contributed by atoms with Crippen LogP contribution in [-0.4, -0.2) is 33.1 Å². The fourth-order valence-corrected chi connectivity index (χ4v) is 2.56. The van der Waals surface area contributed by atoms with Gasteiger partial charge in [-0.2, -0.15) is 8.75 Å². The molecule has 2 aromatic rings. The van der Waals surface area contributed by atoms with Crippen molar-refractivity contribution < 1.29 is 4.79 Å². The van der Waals surface area contributed by atoms with Gasteiger partial charge >= 0.3 is 0 Å². The zero-order chi connectivity index (χ0) is 13.8. The predicted molar refractivity (Wildman–Crippen MR) is 77.6 cm³/mol. The van der Waals surface area contributed by atoms with Gasteiger partial charge in [0.05, 0.1) is 16.8 Å². The van der Waals surface area contributed by atoms with E-state index in [1.165, 1.54) is 0 Å². The molecular weight excluding hydrogens is 282 g/mol. The molecule has 6 heteroatoms. The van der Waals surface area contributed by atoms with Gasteiger partial charge in [-0.25, -0.2) is 0 Å². The van der Waals surface area contributed by atoms with Gasteiger partial charge in [0.1, 0.15) is 5.69 Å². The van der Waals surface area contributed by atoms with Gasteiger partial charge in [0, 0.05) is 19.2 Å². The molecule has 0 bridgehead atoms. The molecule has 0 spiro atoms. The number of aromatic nitrogens is 2. The van der Waals surface area contributed by atoms with E-state index in [9.17, 15) is 4.79 Å². The first-order valence-corrected chi connectivity index (χ1v) is 7.09. The van der Waals surface area contributed by atoms with Crippen LogP contribution in [0.4, 0.5) is 0 Å². The van der Waals surface area contributed by atoms with E-state index in [4.69, 9.17) is 11.6 Å². The summed E-state index contributed by atoms with van der Waals surface area (Å²) in [5, 5.41) is 0.572. The maximum absolute atomic E-state index is 12.3. The Morgan fingerprint density at radius 1 is 1.37 bits per heavy atom. The summed E-state index contributed by atoms with van der Waals surface area (Å²) >= 11 is 7.17. The van der Waals surface area contributed by atoms with Crippen LogP contribution in [0.5, 0.6) is 0 Å². The molecule has 4 nitrogen and oxygen atoms in total. The predicted octanol–water partition coefficient (Wildman–Crippen LogP) is 3.34. The van der Waals surface area contributed by atoms with Crippen molar-refractivity contribution in [1.82, 2.24) is 13.6 Å². The number of amides is 1. The minimum atomic E-state index is -0.120. The smallest absolute Gasteiger partial charge is 0.275 e. The lowest BCUT2D eigenvalue weighted by Crippen LogP contribution is -2.28. The van der Waals surface area contributed by atoms with Gasteiger partial charge in [0.15, 0.2) is 5.69 Å². The number of carbonyl (C=O) groups excluding carboxylic acids is 1. The Balaban J connectivity index is 2.38. The van der Waals surface area contributed by atoms with Gasteiger partial charge in [-0.1, -0.05) is 36.7 Å². The van der Waals surface area contributed by atoms with Crippen LogP contribution in [0.3, 0.4) is 0 Å². The highest BCUT2D eigenvalue weighted by molar-refractivity contribution is 6.99. The molecule has 0 unspecified atom stereocenters. The van der Waals surface area contributed by atoms with Gasteiger partial charge in [-0.05, 0) is 12.5 Å². The number of benzene rings is 1. The Morgan fingerprint density at radius 2 is 2.11 bits per heavy atom. The van der Waals surface area contributed by atoms with E-state index in [0.717, 1.165) is 23.7 Å². The molecule has 0 radical (unpaired) electrons. The van der Waals surface area contributed by atoms with E-state index >= 15 is 0 Å². The maximum Gasteiger partial charge on any atom is 0.275 e. The van der Waals surface area contributed by atoms with E-state index in [0.29, 0.717) is 23.0 Å². The van der Waals surface area contributed by atoms with Crippen molar-refractivity contribution in [1.29, 1.82) is 0 Å². The number of rotatable bonds is 4. The molecule has 1 aromatic heterocycles. The minimum absolute atomic E-state index is 0.120. The molecular formula is C13H14ClN3OS. The third-order valence-electron chi connectivity index (χ3n) is 2.73. The van der Waals surface area contributed by atoms with Crippen LogP contribution in [0.15, 0.2) is 24.3 Å². The van der Waals surface area contributed by atoms with Gasteiger partial charge < -0.3 is 4.90 Å². The highest BCUT2D eigenvalue weighted by atomic mass is 35.5. The number of halogens is 1. The summed E-state index contributed by atoms with van der Waals surface area (Å²) in [5.74, 6) is -0.120. The first kappa shape index (κ1) is 14.0. The molecule has 100 valence electrons. The molecule has 0 aliphatic heterocycles. The fraction of sp³-hybridized carbons (Fsp3) is 0.308. The van der Waals surface area contributed by atoms with Crippen LogP contribution in [0.25, 0.3) is 11.3 Å². The lowest BCUT2D eigenvalue weighted by atomic mass is 10.1. The highest BCUT2D eigenvalue weighted by Gasteiger charge is 2.22. The topological polar surface area (TPSA) is 46.1 Å². The molecule has 0 saturated heterocycles. The third-order valence-corrected chi connectivity index (χ3v) is 3.58. The van der Waals surface area contributed by atoms with Crippen LogP contribution in [0, 0.1) is 0 Å². The molecule has 0 N–H and O–H groups in total. The summed E-state index contributed by atoms with van der Waals surface area (Å²) < 4.78 is 8.33. The lowest BCUT2D eigenvalue weighted by Gasteiger charge is -2.15. The summed E-state index contributed by atoms with van der Waals surface area (Å²) in [6.07, 6.45) is 0.904. The second-order valence-electron chi connectivity index (χ2n) is 4.17. The van der Waals surface area contributed by atoms with Crippen molar-refractivity contribution in [3.8, 4) is 11.3 Å². The number of hydrogen-bond acceptors (Lipinski definition) is 4. The van der Waals surface area contributed by atoms with Crippen molar-refractivity contribution in [2.45, 2.75) is 13.3 Å². The third kappa shape index (κ3) is 2.93. The zero-order valence-corrected chi connectivity index (χ0v) is 12.3. The standard InChI is InChI=1S/C13H14ClN3OS/c1-3-8-17(2)13(18)12-11(15-19-16-12)9-6-4-5-7-10(9)14/h4-7H,3,8H2,1-2H3. The molecule has 0 aliphatic rings. The van der Waals surface area contributed by atoms with Crippen molar-refractivity contribution in [2.75, 3.05) is 13.6 Å². The van der Waals surface area contributed by atoms with Crippen LogP contribution in [0.2, 0.25) is 5.02 Å². The number of carbonyl (C=O) groups is 1. The van der Waals surface area contributed by atoms with Crippen LogP contribution in [-0.2, 0) is 0 Å². The Morgan fingerprint density at radius 3 is 2.79 bits per heavy atom. The van der Waals surface area contributed by atoms with E-state index < -0.39 is 0 Å². The molecule has 1 aromatic carbocycles. The Hall–Kier alpha value is -1.46. The average molecular weight is 296 g/mol. The maximum atomic E-state index is 12.3. The van der Waals surface area contributed by atoms with Crippen molar-refractivity contribution >= 4 is 29.2 Å². The normalized spacial score (nSPS) is 10.5. The average Bonchev–Trinajstić information content (AvgIpc) is 2.87. The Bertz CT molecular complexity index is 585. The number of nitrogens with zero attached hydrogens (tertiary/aromatic N) is 3. The van der Waals surface area contributed by atoms with Crippen molar-refractivity contribution in [2.24, 2.45) is 0 Å². The van der Waals surface area contributed by atoms with E-state index in [2.05, 4.69) is 8.75 Å². The van der Waals surface area contributed by atoms with Gasteiger partial charge in [0.25, 0.3) is 5.91 Å². The van der Waals surface area contributed by atoms with E-state index in [-0.39, 0.29) is 5.91 Å². The van der Waals surface area contributed by atoms with Crippen LogP contribution >= 0.6 is 23.3 Å². The summed E-state index contributed by atoms with van der Waals surface area (Å²) in [6, 6.07) is 7.33. The molecule has 0 aliphatic carbocycles. The monoisotopic (exact) mass is 295 g/mol. The molecule has 19 heavy (non-hydrogen) atoms. The van der Waals surface area contributed by atoms with E-state index in [1.54, 1.807) is 18.0 Å². The molecule has 2 rings (SSSR count). The SMILES string of the molecule is CCCN(C)C(=O)c1nsnc1-c1ccccc1Cl. The first-order chi connectivity index (χ1) is 9.15. The second kappa shape index (κ2) is 6.12. The lowest BCUT2D eigenvalue weighted by molar-refractivity contribution is 0.0791. The Labute approximate surface area is 121 Å². The molecule has 1 heterocycles. The first-order valence-electron chi connectivity index (χ1n) is 5.98. The van der Waals surface area contributed by atoms with Crippen molar-refractivity contribution in [3.05, 3.63) is 35.0 Å². The quantitative estimate of drug-likeness (QED) is 0.869. The van der Waals surface area contributed by atoms with Gasteiger partial charge in [0.2, 0.25) is 0 Å². The summed E-state index contributed by atoms with van der Waals surface area (Å²) in [4.78, 5) is 13.9. The largest absolute Gasteiger partial charge is 0.340 e. The summed E-state index contributed by atoms with van der Waals surface area (Å²) in [6.45, 7) is 2.72. The number of hydrogen-bond donors (Lipinski definition) is 0. The fourth-order valence-electron chi connectivity index (χ4n) is 1.78. The highest BCUT2D eigenvalue weighted by Crippen LogP contribution is 2.29. The molecule has 0 saturated carbocycles. The molecule has 0 atom stereocenters. The van der Waals surface area contributed by atoms with E-state index in [1.807, 2.05) is 25.1 Å². The van der Waals surface area contributed by atoms with Crippen molar-refractivity contribution in [3.63, 3.8) is 0 Å². The van der Waals surface area contributed by atoms with Crippen LogP contribution < -0.4 is 0 Å². The minimum Gasteiger partial charge on any atom is -0.340 e. The molecule has 1 amide bonds.